The number of aryl methyl sites for hydroxylation is 2. The zero-order chi connectivity index (χ0) is 19.8. The quantitative estimate of drug-likeness (QED) is 0.495. The Morgan fingerprint density at radius 1 is 1.07 bits per heavy atom. The van der Waals surface area contributed by atoms with E-state index in [1.807, 2.05) is 37.5 Å². The van der Waals surface area contributed by atoms with Crippen LogP contribution in [0.1, 0.15) is 22.4 Å². The summed E-state index contributed by atoms with van der Waals surface area (Å²) in [6.45, 7) is 8.87. The first-order valence-corrected chi connectivity index (χ1v) is 10.3. The van der Waals surface area contributed by atoms with Crippen LogP contribution in [0.15, 0.2) is 84.7 Å². The molecule has 142 valence electrons. The molecule has 0 saturated heterocycles. The molecule has 4 heteroatoms. The van der Waals surface area contributed by atoms with Gasteiger partial charge in [-0.2, -0.15) is 0 Å². The van der Waals surface area contributed by atoms with Crippen LogP contribution in [0.3, 0.4) is 0 Å². The summed E-state index contributed by atoms with van der Waals surface area (Å²) in [5, 5.41) is 5.43. The molecule has 0 aliphatic rings. The highest BCUT2D eigenvalue weighted by Gasteiger charge is 2.05. The van der Waals surface area contributed by atoms with Gasteiger partial charge in [-0.05, 0) is 54.2 Å². The molecule has 1 aromatic carbocycles. The Hall–Kier alpha value is -2.85. The van der Waals surface area contributed by atoms with Crippen LogP contribution in [0.2, 0.25) is 0 Å². The van der Waals surface area contributed by atoms with E-state index in [-0.39, 0.29) is 0 Å². The van der Waals surface area contributed by atoms with Crippen molar-refractivity contribution in [2.24, 2.45) is 0 Å². The van der Waals surface area contributed by atoms with Crippen molar-refractivity contribution in [1.29, 1.82) is 0 Å². The summed E-state index contributed by atoms with van der Waals surface area (Å²) >= 11 is 1.76. The first kappa shape index (κ1) is 19.9. The normalized spacial score (nSPS) is 10.9. The van der Waals surface area contributed by atoms with Crippen LogP contribution < -0.4 is 5.32 Å². The average Bonchev–Trinajstić information content (AvgIpc) is 2.70. The number of nitrogens with zero attached hydrogens (tertiary/aromatic N) is 2. The van der Waals surface area contributed by atoms with Gasteiger partial charge in [0.2, 0.25) is 0 Å². The van der Waals surface area contributed by atoms with Crippen molar-refractivity contribution in [2.75, 3.05) is 0 Å². The summed E-state index contributed by atoms with van der Waals surface area (Å²) in [5.41, 5.74) is 7.62. The van der Waals surface area contributed by atoms with Gasteiger partial charge >= 0.3 is 0 Å². The van der Waals surface area contributed by atoms with E-state index in [1.165, 1.54) is 5.56 Å². The van der Waals surface area contributed by atoms with Crippen LogP contribution in [0.5, 0.6) is 0 Å². The number of benzene rings is 1. The second kappa shape index (κ2) is 9.90. The molecule has 2 aromatic heterocycles. The topological polar surface area (TPSA) is 37.8 Å². The van der Waals surface area contributed by atoms with Crippen LogP contribution in [0.4, 0.5) is 0 Å². The highest BCUT2D eigenvalue weighted by molar-refractivity contribution is 8.01. The van der Waals surface area contributed by atoms with Crippen molar-refractivity contribution in [3.05, 3.63) is 107 Å². The summed E-state index contributed by atoms with van der Waals surface area (Å²) in [4.78, 5) is 8.91. The molecule has 3 rings (SSSR count). The fraction of sp³-hybridized carbons (Fsp3) is 0.167. The minimum absolute atomic E-state index is 0.704. The van der Waals surface area contributed by atoms with Gasteiger partial charge in [0, 0.05) is 41.6 Å². The average molecular weight is 388 g/mol. The lowest BCUT2D eigenvalue weighted by Crippen LogP contribution is -2.10. The van der Waals surface area contributed by atoms with Gasteiger partial charge in [0.15, 0.2) is 0 Å². The van der Waals surface area contributed by atoms with E-state index in [9.17, 15) is 0 Å². The minimum atomic E-state index is 0.704. The molecule has 0 saturated carbocycles. The van der Waals surface area contributed by atoms with Gasteiger partial charge in [-0.15, -0.1) is 11.8 Å². The van der Waals surface area contributed by atoms with Crippen molar-refractivity contribution >= 4 is 11.8 Å². The van der Waals surface area contributed by atoms with Crippen molar-refractivity contribution in [3.63, 3.8) is 0 Å². The first-order chi connectivity index (χ1) is 13.6. The molecule has 0 bridgehead atoms. The molecule has 1 N–H and O–H groups in total. The largest absolute Gasteiger partial charge is 0.381 e. The summed E-state index contributed by atoms with van der Waals surface area (Å²) in [6, 6.07) is 16.7. The van der Waals surface area contributed by atoms with Crippen LogP contribution in [0.25, 0.3) is 11.3 Å². The first-order valence-electron chi connectivity index (χ1n) is 9.25. The maximum Gasteiger partial charge on any atom is 0.0732 e. The third-order valence-electron chi connectivity index (χ3n) is 4.28. The molecular weight excluding hydrogens is 362 g/mol. The van der Waals surface area contributed by atoms with Crippen molar-refractivity contribution < 1.29 is 0 Å². The van der Waals surface area contributed by atoms with Gasteiger partial charge in [0.05, 0.1) is 5.69 Å². The number of pyridine rings is 2. The second-order valence-electron chi connectivity index (χ2n) is 6.67. The lowest BCUT2D eigenvalue weighted by Gasteiger charge is -2.10. The van der Waals surface area contributed by atoms with E-state index in [2.05, 4.69) is 70.6 Å². The van der Waals surface area contributed by atoms with E-state index in [4.69, 9.17) is 0 Å². The smallest absolute Gasteiger partial charge is 0.0732 e. The number of rotatable bonds is 8. The van der Waals surface area contributed by atoms with Gasteiger partial charge in [0.1, 0.15) is 0 Å². The SMILES string of the molecule is C=C(/C=C/SCc1ccccc1)NCc1cnc(-c2ccnc(C)c2)c(C)c1. The molecule has 2 heterocycles. The predicted octanol–water partition coefficient (Wildman–Crippen LogP) is 5.81. The number of hydrogen-bond acceptors (Lipinski definition) is 4. The van der Waals surface area contributed by atoms with Crippen molar-refractivity contribution in [2.45, 2.75) is 26.1 Å². The van der Waals surface area contributed by atoms with E-state index in [0.29, 0.717) is 6.54 Å². The highest BCUT2D eigenvalue weighted by Crippen LogP contribution is 2.22. The molecule has 0 spiro atoms. The van der Waals surface area contributed by atoms with Gasteiger partial charge in [-0.25, -0.2) is 0 Å². The maximum atomic E-state index is 4.66. The Kier molecular flexibility index (Phi) is 7.04. The fourth-order valence-corrected chi connectivity index (χ4v) is 3.59. The molecule has 3 nitrogen and oxygen atoms in total. The van der Waals surface area contributed by atoms with Crippen molar-refractivity contribution in [1.82, 2.24) is 15.3 Å². The van der Waals surface area contributed by atoms with Crippen LogP contribution in [0, 0.1) is 13.8 Å². The summed E-state index contributed by atoms with van der Waals surface area (Å²) in [5.74, 6) is 0.962. The molecule has 0 aliphatic heterocycles. The van der Waals surface area contributed by atoms with Crippen LogP contribution in [-0.4, -0.2) is 9.97 Å². The lowest BCUT2D eigenvalue weighted by atomic mass is 10.1. The predicted molar refractivity (Wildman–Crippen MR) is 120 cm³/mol. The molecule has 0 amide bonds. The van der Waals surface area contributed by atoms with Crippen LogP contribution >= 0.6 is 11.8 Å². The van der Waals surface area contributed by atoms with Gasteiger partial charge < -0.3 is 5.32 Å². The molecule has 28 heavy (non-hydrogen) atoms. The number of nitrogens with one attached hydrogen (secondary N) is 1. The lowest BCUT2D eigenvalue weighted by molar-refractivity contribution is 0.831. The van der Waals surface area contributed by atoms with Gasteiger partial charge in [-0.3, -0.25) is 9.97 Å². The molecular formula is C24H25N3S. The Bertz CT molecular complexity index is 965. The minimum Gasteiger partial charge on any atom is -0.381 e. The summed E-state index contributed by atoms with van der Waals surface area (Å²) in [6.07, 6.45) is 5.77. The fourth-order valence-electron chi connectivity index (χ4n) is 2.85. The summed E-state index contributed by atoms with van der Waals surface area (Å²) in [7, 11) is 0. The number of hydrogen-bond donors (Lipinski definition) is 1. The third kappa shape index (κ3) is 5.83. The molecule has 0 fully saturated rings. The number of thioether (sulfide) groups is 1. The monoisotopic (exact) mass is 387 g/mol. The Morgan fingerprint density at radius 2 is 1.89 bits per heavy atom. The molecule has 3 aromatic rings. The molecule has 0 atom stereocenters. The van der Waals surface area contributed by atoms with E-state index < -0.39 is 0 Å². The standard InChI is InChI=1S/C24H25N3S/c1-18-13-22(16-27-24(18)23-9-11-25-20(3)14-23)15-26-19(2)10-12-28-17-21-7-5-4-6-8-21/h4-14,16,26H,2,15,17H2,1,3H3/b12-10+. The van der Waals surface area contributed by atoms with Gasteiger partial charge in [-0.1, -0.05) is 43.0 Å². The second-order valence-corrected chi connectivity index (χ2v) is 7.57. The Morgan fingerprint density at radius 3 is 2.64 bits per heavy atom. The Labute approximate surface area is 171 Å². The zero-order valence-electron chi connectivity index (χ0n) is 16.4. The Balaban J connectivity index is 1.51. The van der Waals surface area contributed by atoms with E-state index in [0.717, 1.165) is 39.5 Å². The van der Waals surface area contributed by atoms with E-state index in [1.54, 1.807) is 11.8 Å². The highest BCUT2D eigenvalue weighted by atomic mass is 32.2. The van der Waals surface area contributed by atoms with Crippen LogP contribution in [-0.2, 0) is 12.3 Å². The third-order valence-corrected chi connectivity index (χ3v) is 5.11. The zero-order valence-corrected chi connectivity index (χ0v) is 17.2. The number of aromatic nitrogens is 2. The maximum absolute atomic E-state index is 4.66. The summed E-state index contributed by atoms with van der Waals surface area (Å²) < 4.78 is 0. The van der Waals surface area contributed by atoms with Crippen molar-refractivity contribution in [3.8, 4) is 11.3 Å². The van der Waals surface area contributed by atoms with E-state index >= 15 is 0 Å². The number of allylic oxidation sites excluding steroid dienone is 1. The molecule has 0 unspecified atom stereocenters. The molecule has 0 radical (unpaired) electrons. The van der Waals surface area contributed by atoms with Gasteiger partial charge in [0.25, 0.3) is 0 Å². The molecule has 0 aliphatic carbocycles.